The van der Waals surface area contributed by atoms with Crippen LogP contribution in [0.25, 0.3) is 11.5 Å². The number of piperidine rings is 1. The number of esters is 1. The van der Waals surface area contributed by atoms with E-state index in [1.54, 1.807) is 12.1 Å². The van der Waals surface area contributed by atoms with Gasteiger partial charge in [0, 0.05) is 43.3 Å². The highest BCUT2D eigenvalue weighted by Gasteiger charge is 2.24. The molecule has 0 aliphatic carbocycles. The van der Waals surface area contributed by atoms with E-state index in [0.717, 1.165) is 45.3 Å². The van der Waals surface area contributed by atoms with Crippen molar-refractivity contribution in [3.8, 4) is 11.5 Å². The van der Waals surface area contributed by atoms with Crippen LogP contribution in [0, 0.1) is 16.0 Å². The van der Waals surface area contributed by atoms with Crippen LogP contribution in [0.4, 0.5) is 5.69 Å². The number of aliphatic carboxylic acids is 2. The highest BCUT2D eigenvalue weighted by molar-refractivity contribution is 5.89. The molecule has 2 aromatic carbocycles. The molecule has 2 heterocycles. The Morgan fingerprint density at radius 2 is 1.70 bits per heavy atom. The van der Waals surface area contributed by atoms with Crippen molar-refractivity contribution < 1.29 is 38.8 Å². The lowest BCUT2D eigenvalue weighted by atomic mass is 9.90. The molecule has 1 unspecified atom stereocenters. The first-order valence-electron chi connectivity index (χ1n) is 13.8. The number of aromatic nitrogens is 2. The quantitative estimate of drug-likeness (QED) is 0.123. The van der Waals surface area contributed by atoms with Crippen LogP contribution in [0.3, 0.4) is 0 Å². The SMILES string of the molecule is CC(=O)OC(CCCC1CCN(Cc2ccccc2)CC1)c1noc(-c2ccc([N+](=O)[O-])cc2)n1.O=C(O)/C=C/C(=O)O. The fourth-order valence-corrected chi connectivity index (χ4v) is 4.66. The molecular weight excluding hydrogens is 560 g/mol. The molecule has 228 valence electrons. The number of carboxylic acids is 2. The highest BCUT2D eigenvalue weighted by atomic mass is 16.6. The summed E-state index contributed by atoms with van der Waals surface area (Å²) in [6.45, 7) is 4.55. The first-order chi connectivity index (χ1) is 20.6. The van der Waals surface area contributed by atoms with Crippen molar-refractivity contribution in [2.45, 2.75) is 51.7 Å². The topological polar surface area (TPSA) is 186 Å². The Hall–Kier alpha value is -4.91. The number of non-ortho nitro benzene ring substituents is 1. The van der Waals surface area contributed by atoms with Crippen molar-refractivity contribution in [3.05, 3.63) is 88.3 Å². The van der Waals surface area contributed by atoms with E-state index in [1.165, 1.54) is 24.6 Å². The summed E-state index contributed by atoms with van der Waals surface area (Å²) in [5.74, 6) is -1.71. The summed E-state index contributed by atoms with van der Waals surface area (Å²) in [6, 6.07) is 16.4. The van der Waals surface area contributed by atoms with E-state index in [-0.39, 0.29) is 11.6 Å². The second-order valence-corrected chi connectivity index (χ2v) is 10.0. The van der Waals surface area contributed by atoms with Crippen molar-refractivity contribution in [3.63, 3.8) is 0 Å². The fraction of sp³-hybridized carbons (Fsp3) is 0.367. The van der Waals surface area contributed by atoms with Crippen molar-refractivity contribution in [1.82, 2.24) is 15.0 Å². The van der Waals surface area contributed by atoms with Gasteiger partial charge in [-0.3, -0.25) is 19.8 Å². The number of carbonyl (C=O) groups excluding carboxylic acids is 1. The molecule has 2 N–H and O–H groups in total. The summed E-state index contributed by atoms with van der Waals surface area (Å²) < 4.78 is 10.8. The number of carbonyl (C=O) groups is 3. The van der Waals surface area contributed by atoms with Crippen LogP contribution in [0.5, 0.6) is 0 Å². The molecule has 3 aromatic rings. The molecule has 4 rings (SSSR count). The van der Waals surface area contributed by atoms with Crippen LogP contribution in [0.2, 0.25) is 0 Å². The summed E-state index contributed by atoms with van der Waals surface area (Å²) in [6.07, 6.45) is 5.43. The molecular formula is C30H34N4O9. The maximum absolute atomic E-state index is 11.7. The third-order valence-corrected chi connectivity index (χ3v) is 6.77. The average molecular weight is 595 g/mol. The monoisotopic (exact) mass is 594 g/mol. The van der Waals surface area contributed by atoms with E-state index in [0.29, 0.717) is 35.9 Å². The lowest BCUT2D eigenvalue weighted by Gasteiger charge is -2.32. The zero-order valence-corrected chi connectivity index (χ0v) is 23.7. The molecule has 1 aliphatic rings. The van der Waals surface area contributed by atoms with Crippen molar-refractivity contribution in [2.75, 3.05) is 13.1 Å². The van der Waals surface area contributed by atoms with Crippen LogP contribution in [-0.4, -0.2) is 61.2 Å². The molecule has 1 fully saturated rings. The lowest BCUT2D eigenvalue weighted by Crippen LogP contribution is -2.33. The van der Waals surface area contributed by atoms with E-state index < -0.39 is 28.9 Å². The van der Waals surface area contributed by atoms with Crippen LogP contribution < -0.4 is 0 Å². The number of rotatable bonds is 12. The maximum atomic E-state index is 11.7. The summed E-state index contributed by atoms with van der Waals surface area (Å²) in [7, 11) is 0. The van der Waals surface area contributed by atoms with Crippen molar-refractivity contribution in [1.29, 1.82) is 0 Å². The van der Waals surface area contributed by atoms with Crippen LogP contribution >= 0.6 is 0 Å². The molecule has 13 heteroatoms. The molecule has 43 heavy (non-hydrogen) atoms. The van der Waals surface area contributed by atoms with Gasteiger partial charge in [0.2, 0.25) is 5.82 Å². The molecule has 0 amide bonds. The number of nitro groups is 1. The largest absolute Gasteiger partial charge is 0.478 e. The number of nitro benzene ring substituents is 1. The summed E-state index contributed by atoms with van der Waals surface area (Å²) in [5, 5.41) is 30.5. The van der Waals surface area contributed by atoms with E-state index in [9.17, 15) is 24.5 Å². The Labute approximate surface area is 247 Å². The van der Waals surface area contributed by atoms with Crippen LogP contribution in [0.1, 0.15) is 56.5 Å². The van der Waals surface area contributed by atoms with Gasteiger partial charge < -0.3 is 19.5 Å². The molecule has 0 saturated carbocycles. The van der Waals surface area contributed by atoms with Gasteiger partial charge in [0.25, 0.3) is 11.6 Å². The second-order valence-electron chi connectivity index (χ2n) is 10.0. The Morgan fingerprint density at radius 3 is 2.26 bits per heavy atom. The zero-order chi connectivity index (χ0) is 31.2. The van der Waals surface area contributed by atoms with Gasteiger partial charge in [0.05, 0.1) is 4.92 Å². The minimum Gasteiger partial charge on any atom is -0.478 e. The third kappa shape index (κ3) is 11.5. The Kier molecular flexibility index (Phi) is 12.5. The summed E-state index contributed by atoms with van der Waals surface area (Å²) in [5.41, 5.74) is 1.90. The first kappa shape index (κ1) is 32.6. The number of carboxylic acid groups (broad SMARTS) is 2. The molecule has 1 aliphatic heterocycles. The van der Waals surface area contributed by atoms with Crippen molar-refractivity contribution in [2.24, 2.45) is 5.92 Å². The van der Waals surface area contributed by atoms with Crippen molar-refractivity contribution >= 4 is 23.6 Å². The molecule has 1 saturated heterocycles. The Bertz CT molecular complexity index is 1370. The van der Waals surface area contributed by atoms with Gasteiger partial charge in [-0.15, -0.1) is 0 Å². The Balaban J connectivity index is 0.000000557. The van der Waals surface area contributed by atoms with Crippen LogP contribution in [-0.2, 0) is 25.7 Å². The molecule has 0 spiro atoms. The fourth-order valence-electron chi connectivity index (χ4n) is 4.66. The van der Waals surface area contributed by atoms with E-state index in [1.807, 2.05) is 6.07 Å². The minimum atomic E-state index is -1.26. The number of hydrogen-bond acceptors (Lipinski definition) is 10. The highest BCUT2D eigenvalue weighted by Crippen LogP contribution is 2.29. The molecule has 0 bridgehead atoms. The predicted molar refractivity (Wildman–Crippen MR) is 154 cm³/mol. The number of hydrogen-bond donors (Lipinski definition) is 2. The number of benzene rings is 2. The van der Waals surface area contributed by atoms with E-state index in [4.69, 9.17) is 19.5 Å². The molecule has 1 atom stereocenters. The van der Waals surface area contributed by atoms with Gasteiger partial charge in [-0.25, -0.2) is 9.59 Å². The normalized spacial score (nSPS) is 14.4. The average Bonchev–Trinajstić information content (AvgIpc) is 3.48. The lowest BCUT2D eigenvalue weighted by molar-refractivity contribution is -0.384. The summed E-state index contributed by atoms with van der Waals surface area (Å²) >= 11 is 0. The zero-order valence-electron chi connectivity index (χ0n) is 23.7. The van der Waals surface area contributed by atoms with E-state index in [2.05, 4.69) is 39.3 Å². The number of likely N-dealkylation sites (tertiary alicyclic amines) is 1. The standard InChI is InChI=1S/C26H30N4O5.C4H4O4/c1-19(31)34-24(25-27-26(35-28-25)22-10-12-23(13-11-22)30(32)33)9-5-8-20-14-16-29(17-15-20)18-21-6-3-2-4-7-21;5-3(6)1-2-4(7)8/h2-4,6-7,10-13,20,24H,5,8-9,14-18H2,1H3;1-2H,(H,5,6)(H,7,8)/b;2-1+. The molecule has 13 nitrogen and oxygen atoms in total. The summed E-state index contributed by atoms with van der Waals surface area (Å²) in [4.78, 5) is 48.1. The van der Waals surface area contributed by atoms with Gasteiger partial charge in [0.1, 0.15) is 0 Å². The maximum Gasteiger partial charge on any atom is 0.328 e. The molecule has 0 radical (unpaired) electrons. The Morgan fingerprint density at radius 1 is 1.07 bits per heavy atom. The van der Waals surface area contributed by atoms with E-state index >= 15 is 0 Å². The minimum absolute atomic E-state index is 0.0165. The first-order valence-corrected chi connectivity index (χ1v) is 13.8. The van der Waals surface area contributed by atoms with Gasteiger partial charge >= 0.3 is 17.9 Å². The van der Waals surface area contributed by atoms with Gasteiger partial charge in [-0.2, -0.15) is 4.98 Å². The smallest absolute Gasteiger partial charge is 0.328 e. The molecule has 1 aromatic heterocycles. The second kappa shape index (κ2) is 16.5. The van der Waals surface area contributed by atoms with Crippen LogP contribution in [0.15, 0.2) is 71.3 Å². The predicted octanol–water partition coefficient (Wildman–Crippen LogP) is 5.04. The number of nitrogens with zero attached hydrogens (tertiary/aromatic N) is 4. The van der Waals surface area contributed by atoms with Gasteiger partial charge in [0.15, 0.2) is 6.10 Å². The number of ether oxygens (including phenoxy) is 1. The third-order valence-electron chi connectivity index (χ3n) is 6.77. The van der Waals surface area contributed by atoms with Gasteiger partial charge in [-0.05, 0) is 62.4 Å². The van der Waals surface area contributed by atoms with Gasteiger partial charge in [-0.1, -0.05) is 41.9 Å².